The number of hydrogen-bond acceptors (Lipinski definition) is 7. The summed E-state index contributed by atoms with van der Waals surface area (Å²) < 4.78 is 6.75. The van der Waals surface area contributed by atoms with Crippen LogP contribution in [0.15, 0.2) is 41.9 Å². The average molecular weight is 421 g/mol. The number of nitro benzene ring substituents is 1. The number of aromatic nitrogens is 2. The summed E-state index contributed by atoms with van der Waals surface area (Å²) in [4.78, 5) is 39.4. The molecule has 3 aromatic rings. The summed E-state index contributed by atoms with van der Waals surface area (Å²) in [5.74, 6) is -1.47. The Labute approximate surface area is 167 Å². The first-order chi connectivity index (χ1) is 13.4. The van der Waals surface area contributed by atoms with E-state index in [1.165, 1.54) is 42.5 Å². The number of thiazole rings is 1. The maximum atomic E-state index is 12.2. The Bertz CT molecular complexity index is 1090. The molecule has 0 unspecified atom stereocenters. The van der Waals surface area contributed by atoms with E-state index in [-0.39, 0.29) is 16.5 Å². The quantitative estimate of drug-likeness (QED) is 0.282. The van der Waals surface area contributed by atoms with E-state index in [9.17, 15) is 19.7 Å². The smallest absolute Gasteiger partial charge is 0.331 e. The number of nitrogens with one attached hydrogen (secondary N) is 1. The van der Waals surface area contributed by atoms with E-state index >= 15 is 0 Å². The fourth-order valence-corrected chi connectivity index (χ4v) is 3.32. The summed E-state index contributed by atoms with van der Waals surface area (Å²) in [7, 11) is 0. The van der Waals surface area contributed by atoms with Crippen molar-refractivity contribution in [3.63, 3.8) is 0 Å². The highest BCUT2D eigenvalue weighted by Gasteiger charge is 2.21. The van der Waals surface area contributed by atoms with E-state index in [1.807, 2.05) is 5.38 Å². The molecule has 0 spiro atoms. The van der Waals surface area contributed by atoms with E-state index in [4.69, 9.17) is 16.3 Å². The van der Waals surface area contributed by atoms with Crippen molar-refractivity contribution in [2.24, 2.45) is 0 Å². The molecular formula is C17H13ClN4O5S. The first-order valence-corrected chi connectivity index (χ1v) is 9.16. The summed E-state index contributed by atoms with van der Waals surface area (Å²) in [6.45, 7) is 1.36. The Balaban J connectivity index is 1.64. The molecule has 144 valence electrons. The zero-order chi connectivity index (χ0) is 20.3. The number of amides is 1. The van der Waals surface area contributed by atoms with Gasteiger partial charge in [0.15, 0.2) is 16.2 Å². The first-order valence-electron chi connectivity index (χ1n) is 7.91. The Hall–Kier alpha value is -3.24. The van der Waals surface area contributed by atoms with Crippen LogP contribution in [0, 0.1) is 10.1 Å². The number of anilines is 1. The third-order valence-corrected chi connectivity index (χ3v) is 4.69. The molecule has 1 amide bonds. The molecule has 3 rings (SSSR count). The minimum atomic E-state index is -1.17. The van der Waals surface area contributed by atoms with Crippen molar-refractivity contribution in [1.82, 2.24) is 9.38 Å². The van der Waals surface area contributed by atoms with Crippen LogP contribution in [-0.2, 0) is 14.3 Å². The predicted molar refractivity (Wildman–Crippen MR) is 104 cm³/mol. The van der Waals surface area contributed by atoms with Crippen LogP contribution < -0.4 is 5.32 Å². The van der Waals surface area contributed by atoms with Crippen molar-refractivity contribution in [3.8, 4) is 0 Å². The number of nitrogens with zero attached hydrogens (tertiary/aromatic N) is 3. The van der Waals surface area contributed by atoms with E-state index in [2.05, 4.69) is 10.3 Å². The Morgan fingerprint density at radius 1 is 1.43 bits per heavy atom. The predicted octanol–water partition coefficient (Wildman–Crippen LogP) is 3.54. The van der Waals surface area contributed by atoms with Gasteiger partial charge in [-0.1, -0.05) is 23.7 Å². The first kappa shape index (κ1) is 19.5. The number of imidazole rings is 1. The molecule has 1 aromatic carbocycles. The van der Waals surface area contributed by atoms with Gasteiger partial charge < -0.3 is 10.1 Å². The van der Waals surface area contributed by atoms with Gasteiger partial charge in [0, 0.05) is 23.7 Å². The van der Waals surface area contributed by atoms with Gasteiger partial charge in [-0.15, -0.1) is 11.3 Å². The SMILES string of the molecule is C[C@H](OC(=O)/C=C\c1c(Cl)nc2sccn12)C(=O)Nc1ccccc1[N+](=O)[O-]. The molecule has 1 N–H and O–H groups in total. The third-order valence-electron chi connectivity index (χ3n) is 3.65. The molecule has 2 aromatic heterocycles. The molecule has 0 saturated carbocycles. The normalized spacial score (nSPS) is 12.2. The number of nitro groups is 1. The van der Waals surface area contributed by atoms with Crippen molar-refractivity contribution in [3.05, 3.63) is 62.9 Å². The van der Waals surface area contributed by atoms with Gasteiger partial charge in [0.05, 0.1) is 10.6 Å². The van der Waals surface area contributed by atoms with Crippen molar-refractivity contribution < 1.29 is 19.2 Å². The summed E-state index contributed by atoms with van der Waals surface area (Å²) >= 11 is 7.42. The van der Waals surface area contributed by atoms with Crippen LogP contribution in [0.2, 0.25) is 5.15 Å². The highest BCUT2D eigenvalue weighted by molar-refractivity contribution is 7.15. The molecule has 11 heteroatoms. The van der Waals surface area contributed by atoms with Crippen molar-refractivity contribution >= 4 is 57.2 Å². The monoisotopic (exact) mass is 420 g/mol. The lowest BCUT2D eigenvalue weighted by molar-refractivity contribution is -0.383. The van der Waals surface area contributed by atoms with Crippen molar-refractivity contribution in [2.45, 2.75) is 13.0 Å². The van der Waals surface area contributed by atoms with E-state index in [0.29, 0.717) is 10.7 Å². The molecule has 0 aliphatic heterocycles. The van der Waals surface area contributed by atoms with Gasteiger partial charge in [-0.2, -0.15) is 0 Å². The van der Waals surface area contributed by atoms with Crippen LogP contribution in [0.25, 0.3) is 11.0 Å². The fraction of sp³-hybridized carbons (Fsp3) is 0.118. The highest BCUT2D eigenvalue weighted by Crippen LogP contribution is 2.24. The summed E-state index contributed by atoms with van der Waals surface area (Å²) in [5, 5.41) is 15.4. The molecule has 0 bridgehead atoms. The Morgan fingerprint density at radius 2 is 2.18 bits per heavy atom. The van der Waals surface area contributed by atoms with Crippen molar-refractivity contribution in [1.29, 1.82) is 0 Å². The standard InChI is InChI=1S/C17H13ClN4O5S/c1-10(16(24)19-11-4-2-3-5-12(11)22(25)26)27-14(23)7-6-13-15(18)20-17-21(13)8-9-28-17/h2-10H,1H3,(H,19,24)/b7-6-/t10-/m0/s1. The maximum absolute atomic E-state index is 12.2. The maximum Gasteiger partial charge on any atom is 0.331 e. The molecule has 9 nitrogen and oxygen atoms in total. The number of carbonyl (C=O) groups excluding carboxylic acids is 2. The van der Waals surface area contributed by atoms with Gasteiger partial charge >= 0.3 is 5.97 Å². The number of halogens is 1. The second-order valence-electron chi connectivity index (χ2n) is 5.52. The number of carbonyl (C=O) groups is 2. The largest absolute Gasteiger partial charge is 0.449 e. The lowest BCUT2D eigenvalue weighted by Gasteiger charge is -2.12. The highest BCUT2D eigenvalue weighted by atomic mass is 35.5. The van der Waals surface area contributed by atoms with Gasteiger partial charge in [-0.25, -0.2) is 9.78 Å². The molecule has 0 radical (unpaired) electrons. The average Bonchev–Trinajstić information content (AvgIpc) is 3.20. The summed E-state index contributed by atoms with van der Waals surface area (Å²) in [6, 6.07) is 5.67. The number of hydrogen-bond donors (Lipinski definition) is 1. The van der Waals surface area contributed by atoms with E-state index in [0.717, 1.165) is 6.08 Å². The molecule has 28 heavy (non-hydrogen) atoms. The molecule has 0 aliphatic carbocycles. The van der Waals surface area contributed by atoms with E-state index in [1.54, 1.807) is 16.7 Å². The number of rotatable bonds is 6. The lowest BCUT2D eigenvalue weighted by Crippen LogP contribution is -2.29. The van der Waals surface area contributed by atoms with Gasteiger partial charge in [0.25, 0.3) is 11.6 Å². The Kier molecular flexibility index (Phi) is 5.71. The molecule has 0 aliphatic rings. The number of benzene rings is 1. The van der Waals surface area contributed by atoms with Crippen LogP contribution in [0.3, 0.4) is 0 Å². The molecular weight excluding hydrogens is 408 g/mol. The zero-order valence-corrected chi connectivity index (χ0v) is 15.9. The van der Waals surface area contributed by atoms with Crippen molar-refractivity contribution in [2.75, 3.05) is 5.32 Å². The minimum absolute atomic E-state index is 0.0156. The second-order valence-corrected chi connectivity index (χ2v) is 6.75. The van der Waals surface area contributed by atoms with Gasteiger partial charge in [0.1, 0.15) is 5.69 Å². The Morgan fingerprint density at radius 3 is 2.93 bits per heavy atom. The number of ether oxygens (including phenoxy) is 1. The van der Waals surface area contributed by atoms with Crippen LogP contribution in [0.5, 0.6) is 0 Å². The topological polar surface area (TPSA) is 116 Å². The number of fused-ring (bicyclic) bond motifs is 1. The van der Waals surface area contributed by atoms with Gasteiger partial charge in [-0.05, 0) is 19.1 Å². The van der Waals surface area contributed by atoms with Gasteiger partial charge in [0.2, 0.25) is 0 Å². The summed E-state index contributed by atoms with van der Waals surface area (Å²) in [6.07, 6.45) is 3.15. The zero-order valence-electron chi connectivity index (χ0n) is 14.4. The summed E-state index contributed by atoms with van der Waals surface area (Å²) in [5.41, 5.74) is 0.262. The molecule has 0 saturated heterocycles. The lowest BCUT2D eigenvalue weighted by atomic mass is 10.2. The fourth-order valence-electron chi connectivity index (χ4n) is 2.31. The van der Waals surface area contributed by atoms with E-state index < -0.39 is 22.9 Å². The second kappa shape index (κ2) is 8.19. The molecule has 0 fully saturated rings. The van der Waals surface area contributed by atoms with Crippen LogP contribution in [0.1, 0.15) is 12.6 Å². The number of esters is 1. The molecule has 2 heterocycles. The minimum Gasteiger partial charge on any atom is -0.449 e. The van der Waals surface area contributed by atoms with Crippen LogP contribution in [-0.4, -0.2) is 32.3 Å². The van der Waals surface area contributed by atoms with Gasteiger partial charge in [-0.3, -0.25) is 19.3 Å². The van der Waals surface area contributed by atoms with Crippen LogP contribution in [0.4, 0.5) is 11.4 Å². The van der Waals surface area contributed by atoms with Crippen LogP contribution >= 0.6 is 22.9 Å². The molecule has 1 atom stereocenters. The number of para-hydroxylation sites is 2. The third kappa shape index (κ3) is 4.18.